The highest BCUT2D eigenvalue weighted by Gasteiger charge is 2.33. The van der Waals surface area contributed by atoms with E-state index in [1.807, 2.05) is 19.1 Å². The fraction of sp³-hybridized carbons (Fsp3) is 0.435. The molecule has 1 unspecified atom stereocenters. The lowest BCUT2D eigenvalue weighted by atomic mass is 9.71. The summed E-state index contributed by atoms with van der Waals surface area (Å²) >= 11 is 0. The largest absolute Gasteiger partial charge is 0.383 e. The predicted molar refractivity (Wildman–Crippen MR) is 117 cm³/mol. The summed E-state index contributed by atoms with van der Waals surface area (Å²) in [7, 11) is -2.21. The first-order valence-corrected chi connectivity index (χ1v) is 11.6. The van der Waals surface area contributed by atoms with E-state index in [9.17, 15) is 13.2 Å². The Balaban J connectivity index is 1.84. The number of hydrogen-bond donors (Lipinski definition) is 2. The Morgan fingerprint density at radius 1 is 1.20 bits per heavy atom. The third-order valence-corrected chi connectivity index (χ3v) is 7.25. The molecule has 30 heavy (non-hydrogen) atoms. The first-order valence-electron chi connectivity index (χ1n) is 10.2. The van der Waals surface area contributed by atoms with Crippen molar-refractivity contribution >= 4 is 15.9 Å². The lowest BCUT2D eigenvalue weighted by molar-refractivity contribution is 0.0928. The zero-order chi connectivity index (χ0) is 21.9. The van der Waals surface area contributed by atoms with Gasteiger partial charge in [-0.2, -0.15) is 0 Å². The van der Waals surface area contributed by atoms with Crippen LogP contribution >= 0.6 is 0 Å². The molecular weight excluding hydrogens is 400 g/mol. The number of amides is 1. The first-order chi connectivity index (χ1) is 14.2. The molecule has 3 rings (SSSR count). The molecule has 162 valence electrons. The van der Waals surface area contributed by atoms with Crippen LogP contribution < -0.4 is 10.0 Å². The number of methoxy groups -OCH3 is 1. The number of carbonyl (C=O) groups is 1. The molecule has 0 radical (unpaired) electrons. The van der Waals surface area contributed by atoms with E-state index < -0.39 is 10.0 Å². The molecule has 2 N–H and O–H groups in total. The number of rotatable bonds is 7. The third kappa shape index (κ3) is 4.74. The second kappa shape index (κ2) is 8.88. The molecule has 1 amide bonds. The molecule has 1 aliphatic rings. The highest BCUT2D eigenvalue weighted by atomic mass is 32.2. The molecular formula is C23H30N2O4S. The molecule has 6 nitrogen and oxygen atoms in total. The summed E-state index contributed by atoms with van der Waals surface area (Å²) in [4.78, 5) is 13.2. The van der Waals surface area contributed by atoms with E-state index in [-0.39, 0.29) is 35.4 Å². The van der Waals surface area contributed by atoms with Gasteiger partial charge in [0.05, 0.1) is 17.5 Å². The van der Waals surface area contributed by atoms with Crippen molar-refractivity contribution in [2.24, 2.45) is 0 Å². The number of aryl methyl sites for hydroxylation is 1. The van der Waals surface area contributed by atoms with Crippen LogP contribution in [-0.4, -0.2) is 34.6 Å². The molecule has 0 aliphatic heterocycles. The summed E-state index contributed by atoms with van der Waals surface area (Å²) in [5.41, 5.74) is 3.54. The van der Waals surface area contributed by atoms with Gasteiger partial charge in [-0.15, -0.1) is 0 Å². The average Bonchev–Trinajstić information content (AvgIpc) is 2.70. The van der Waals surface area contributed by atoms with E-state index in [1.54, 1.807) is 6.07 Å². The number of nitrogens with one attached hydrogen (secondary N) is 2. The Bertz CT molecular complexity index is 1030. The fourth-order valence-corrected chi connectivity index (χ4v) is 5.01. The molecule has 2 aromatic carbocycles. The Morgan fingerprint density at radius 3 is 2.67 bits per heavy atom. The smallest absolute Gasteiger partial charge is 0.252 e. The minimum Gasteiger partial charge on any atom is -0.383 e. The zero-order valence-electron chi connectivity index (χ0n) is 18.0. The number of fused-ring (bicyclic) bond motifs is 1. The standard InChI is InChI=1S/C23H30N2O4S/c1-16-9-10-17(30(27,28)24-13-14-29-4)15-19(16)22(26)25-21-11-12-23(2,3)20-8-6-5-7-18(20)21/h5-10,15,21,24H,11-14H2,1-4H3,(H,25,26). The zero-order valence-corrected chi connectivity index (χ0v) is 18.8. The Morgan fingerprint density at radius 2 is 1.93 bits per heavy atom. The molecule has 0 saturated carbocycles. The van der Waals surface area contributed by atoms with E-state index in [2.05, 4.69) is 36.0 Å². The maximum Gasteiger partial charge on any atom is 0.252 e. The van der Waals surface area contributed by atoms with Gasteiger partial charge < -0.3 is 10.1 Å². The summed E-state index contributed by atoms with van der Waals surface area (Å²) in [6.07, 6.45) is 1.80. The van der Waals surface area contributed by atoms with Gasteiger partial charge in [0.1, 0.15) is 0 Å². The van der Waals surface area contributed by atoms with E-state index in [0.29, 0.717) is 5.56 Å². The molecule has 2 aromatic rings. The van der Waals surface area contributed by atoms with Crippen molar-refractivity contribution in [2.75, 3.05) is 20.3 Å². The van der Waals surface area contributed by atoms with Crippen LogP contribution in [0.25, 0.3) is 0 Å². The Kier molecular flexibility index (Phi) is 6.65. The van der Waals surface area contributed by atoms with Gasteiger partial charge in [-0.05, 0) is 54.0 Å². The van der Waals surface area contributed by atoms with Crippen molar-refractivity contribution in [1.29, 1.82) is 0 Å². The van der Waals surface area contributed by atoms with Gasteiger partial charge in [-0.3, -0.25) is 4.79 Å². The second-order valence-corrected chi connectivity index (χ2v) is 10.2. The normalized spacial score (nSPS) is 17.9. The van der Waals surface area contributed by atoms with Crippen LogP contribution in [0.15, 0.2) is 47.4 Å². The van der Waals surface area contributed by atoms with Gasteiger partial charge in [0.15, 0.2) is 0 Å². The van der Waals surface area contributed by atoms with Crippen LogP contribution in [0.3, 0.4) is 0 Å². The molecule has 1 atom stereocenters. The third-order valence-electron chi connectivity index (χ3n) is 5.79. The van der Waals surface area contributed by atoms with Crippen molar-refractivity contribution < 1.29 is 17.9 Å². The van der Waals surface area contributed by atoms with Crippen molar-refractivity contribution in [1.82, 2.24) is 10.0 Å². The van der Waals surface area contributed by atoms with Gasteiger partial charge in [0, 0.05) is 19.2 Å². The number of ether oxygens (including phenoxy) is 1. The van der Waals surface area contributed by atoms with Crippen LogP contribution in [0.2, 0.25) is 0 Å². The molecule has 0 aromatic heterocycles. The van der Waals surface area contributed by atoms with Crippen LogP contribution in [0, 0.1) is 6.92 Å². The van der Waals surface area contributed by atoms with Crippen LogP contribution in [0.5, 0.6) is 0 Å². The van der Waals surface area contributed by atoms with Gasteiger partial charge in [-0.25, -0.2) is 13.1 Å². The maximum atomic E-state index is 13.1. The van der Waals surface area contributed by atoms with E-state index >= 15 is 0 Å². The molecule has 0 fully saturated rings. The van der Waals surface area contributed by atoms with E-state index in [1.165, 1.54) is 24.8 Å². The number of benzene rings is 2. The lowest BCUT2D eigenvalue weighted by Crippen LogP contribution is -2.36. The average molecular weight is 431 g/mol. The van der Waals surface area contributed by atoms with Gasteiger partial charge in [-0.1, -0.05) is 44.2 Å². The summed E-state index contributed by atoms with van der Waals surface area (Å²) in [5, 5.41) is 3.13. The predicted octanol–water partition coefficient (Wildman–Crippen LogP) is 3.46. The first kappa shape index (κ1) is 22.5. The SMILES string of the molecule is COCCNS(=O)(=O)c1ccc(C)c(C(=O)NC2CCC(C)(C)c3ccccc32)c1. The van der Waals surface area contributed by atoms with Gasteiger partial charge in [0.25, 0.3) is 5.91 Å². The summed E-state index contributed by atoms with van der Waals surface area (Å²) in [5.74, 6) is -0.263. The van der Waals surface area contributed by atoms with E-state index in [4.69, 9.17) is 4.74 Å². The van der Waals surface area contributed by atoms with Crippen molar-refractivity contribution in [3.8, 4) is 0 Å². The number of carbonyl (C=O) groups excluding carboxylic acids is 1. The van der Waals surface area contributed by atoms with Crippen molar-refractivity contribution in [2.45, 2.75) is 50.0 Å². The van der Waals surface area contributed by atoms with Gasteiger partial charge >= 0.3 is 0 Å². The van der Waals surface area contributed by atoms with Crippen LogP contribution in [-0.2, 0) is 20.2 Å². The molecule has 0 bridgehead atoms. The van der Waals surface area contributed by atoms with Crippen molar-refractivity contribution in [3.63, 3.8) is 0 Å². The molecule has 0 saturated heterocycles. The highest BCUT2D eigenvalue weighted by Crippen LogP contribution is 2.41. The van der Waals surface area contributed by atoms with Crippen LogP contribution in [0.4, 0.5) is 0 Å². The Labute approximate surface area is 179 Å². The second-order valence-electron chi connectivity index (χ2n) is 8.40. The van der Waals surface area contributed by atoms with Gasteiger partial charge in [0.2, 0.25) is 10.0 Å². The minimum absolute atomic E-state index is 0.0651. The number of sulfonamides is 1. The molecule has 0 heterocycles. The van der Waals surface area contributed by atoms with Crippen molar-refractivity contribution in [3.05, 3.63) is 64.7 Å². The minimum atomic E-state index is -3.71. The topological polar surface area (TPSA) is 84.5 Å². The molecule has 0 spiro atoms. The maximum absolute atomic E-state index is 13.1. The van der Waals surface area contributed by atoms with E-state index in [0.717, 1.165) is 24.0 Å². The summed E-state index contributed by atoms with van der Waals surface area (Å²) < 4.78 is 32.4. The number of hydrogen-bond acceptors (Lipinski definition) is 4. The lowest BCUT2D eigenvalue weighted by Gasteiger charge is -2.37. The van der Waals surface area contributed by atoms with Crippen LogP contribution in [0.1, 0.15) is 59.8 Å². The monoisotopic (exact) mass is 430 g/mol. The highest BCUT2D eigenvalue weighted by molar-refractivity contribution is 7.89. The Hall–Kier alpha value is -2.22. The summed E-state index contributed by atoms with van der Waals surface area (Å²) in [6.45, 7) is 6.69. The quantitative estimate of drug-likeness (QED) is 0.659. The fourth-order valence-electron chi connectivity index (χ4n) is 3.97. The summed E-state index contributed by atoms with van der Waals surface area (Å²) in [6, 6.07) is 12.7. The molecule has 1 aliphatic carbocycles. The molecule has 7 heteroatoms.